The van der Waals surface area contributed by atoms with Crippen molar-refractivity contribution in [1.82, 2.24) is 4.98 Å². The average molecular weight is 405 g/mol. The Kier molecular flexibility index (Phi) is 4.41. The van der Waals surface area contributed by atoms with Gasteiger partial charge in [-0.25, -0.2) is 0 Å². The molecule has 0 aliphatic rings. The Morgan fingerprint density at radius 1 is 1.05 bits per heavy atom. The number of benzene rings is 2. The quantitative estimate of drug-likeness (QED) is 0.489. The summed E-state index contributed by atoms with van der Waals surface area (Å²) < 4.78 is 1.13. The molecule has 1 unspecified atom stereocenters. The van der Waals surface area contributed by atoms with E-state index in [0.29, 0.717) is 0 Å². The van der Waals surface area contributed by atoms with Gasteiger partial charge < -0.3 is 0 Å². The Balaban J connectivity index is 1.88. The number of halogens is 2. The molecular formula is C18H15Br2N. The van der Waals surface area contributed by atoms with Gasteiger partial charge in [0.15, 0.2) is 0 Å². The van der Waals surface area contributed by atoms with Crippen LogP contribution in [0.25, 0.3) is 10.9 Å². The number of alkyl halides is 1. The fourth-order valence-electron chi connectivity index (χ4n) is 2.42. The standard InChI is InChI=1S/C18H15Br2N/c1-12-6-9-16(19)15(10-12)17(20)11-14-8-7-13-4-2-3-5-18(13)21-14/h2-10,17H,11H2,1H3. The minimum Gasteiger partial charge on any atom is -0.253 e. The number of nitrogens with zero attached hydrogens (tertiary/aromatic N) is 1. The average Bonchev–Trinajstić information content (AvgIpc) is 2.49. The Labute approximate surface area is 141 Å². The van der Waals surface area contributed by atoms with Gasteiger partial charge >= 0.3 is 0 Å². The summed E-state index contributed by atoms with van der Waals surface area (Å²) in [6, 6.07) is 18.9. The van der Waals surface area contributed by atoms with Crippen LogP contribution in [0, 0.1) is 6.92 Å². The van der Waals surface area contributed by atoms with Gasteiger partial charge in [-0.1, -0.05) is 73.8 Å². The fraction of sp³-hybridized carbons (Fsp3) is 0.167. The van der Waals surface area contributed by atoms with Gasteiger partial charge in [0, 0.05) is 26.8 Å². The monoisotopic (exact) mass is 403 g/mol. The van der Waals surface area contributed by atoms with Crippen LogP contribution in [0.4, 0.5) is 0 Å². The van der Waals surface area contributed by atoms with Gasteiger partial charge in [-0.05, 0) is 30.7 Å². The number of fused-ring (bicyclic) bond motifs is 1. The van der Waals surface area contributed by atoms with Gasteiger partial charge in [0.05, 0.1) is 5.52 Å². The molecule has 0 bridgehead atoms. The zero-order chi connectivity index (χ0) is 14.8. The van der Waals surface area contributed by atoms with E-state index in [4.69, 9.17) is 4.98 Å². The van der Waals surface area contributed by atoms with E-state index in [2.05, 4.69) is 81.2 Å². The maximum absolute atomic E-state index is 4.75. The van der Waals surface area contributed by atoms with Gasteiger partial charge in [-0.3, -0.25) is 4.98 Å². The van der Waals surface area contributed by atoms with Crippen LogP contribution in [0.1, 0.15) is 21.6 Å². The SMILES string of the molecule is Cc1ccc(Br)c(C(Br)Cc2ccc3ccccc3n2)c1. The summed E-state index contributed by atoms with van der Waals surface area (Å²) in [5, 5.41) is 1.18. The summed E-state index contributed by atoms with van der Waals surface area (Å²) in [5.74, 6) is 0. The number of hydrogen-bond acceptors (Lipinski definition) is 1. The second-order valence-corrected chi connectivity index (χ2v) is 7.15. The Bertz CT molecular complexity index is 783. The van der Waals surface area contributed by atoms with E-state index in [9.17, 15) is 0 Å². The Morgan fingerprint density at radius 3 is 2.71 bits per heavy atom. The van der Waals surface area contributed by atoms with E-state index < -0.39 is 0 Å². The molecule has 0 saturated heterocycles. The van der Waals surface area contributed by atoms with Gasteiger partial charge in [0.2, 0.25) is 0 Å². The minimum absolute atomic E-state index is 0.250. The van der Waals surface area contributed by atoms with Crippen molar-refractivity contribution in [3.05, 3.63) is 75.9 Å². The number of rotatable bonds is 3. The molecule has 1 heterocycles. The molecule has 2 aromatic carbocycles. The first-order chi connectivity index (χ1) is 10.1. The summed E-state index contributed by atoms with van der Waals surface area (Å²) in [5.41, 5.74) is 4.69. The van der Waals surface area contributed by atoms with Crippen LogP contribution >= 0.6 is 31.9 Å². The minimum atomic E-state index is 0.250. The lowest BCUT2D eigenvalue weighted by Crippen LogP contribution is -1.99. The van der Waals surface area contributed by atoms with E-state index in [1.54, 1.807) is 0 Å². The highest BCUT2D eigenvalue weighted by Crippen LogP contribution is 2.33. The Morgan fingerprint density at radius 2 is 1.86 bits per heavy atom. The summed E-state index contributed by atoms with van der Waals surface area (Å²) in [4.78, 5) is 5.00. The molecular weight excluding hydrogens is 390 g/mol. The first-order valence-electron chi connectivity index (χ1n) is 6.88. The van der Waals surface area contributed by atoms with E-state index in [0.717, 1.165) is 22.1 Å². The van der Waals surface area contributed by atoms with E-state index in [1.165, 1.54) is 16.5 Å². The smallest absolute Gasteiger partial charge is 0.0705 e. The molecule has 0 saturated carbocycles. The van der Waals surface area contributed by atoms with Gasteiger partial charge in [-0.2, -0.15) is 0 Å². The predicted octanol–water partition coefficient (Wildman–Crippen LogP) is 5.98. The molecule has 0 amide bonds. The van der Waals surface area contributed by atoms with Gasteiger partial charge in [-0.15, -0.1) is 0 Å². The van der Waals surface area contributed by atoms with Crippen molar-refractivity contribution < 1.29 is 0 Å². The highest BCUT2D eigenvalue weighted by atomic mass is 79.9. The number of aryl methyl sites for hydroxylation is 1. The Hall–Kier alpha value is -1.19. The van der Waals surface area contributed by atoms with Gasteiger partial charge in [0.1, 0.15) is 0 Å². The summed E-state index contributed by atoms with van der Waals surface area (Å²) in [7, 11) is 0. The van der Waals surface area contributed by atoms with Crippen LogP contribution in [-0.4, -0.2) is 4.98 Å². The normalized spacial score (nSPS) is 12.5. The van der Waals surface area contributed by atoms with Crippen LogP contribution < -0.4 is 0 Å². The van der Waals surface area contributed by atoms with E-state index >= 15 is 0 Å². The van der Waals surface area contributed by atoms with Crippen molar-refractivity contribution in [2.75, 3.05) is 0 Å². The maximum Gasteiger partial charge on any atom is 0.0705 e. The lowest BCUT2D eigenvalue weighted by molar-refractivity contribution is 0.907. The zero-order valence-electron chi connectivity index (χ0n) is 11.7. The highest BCUT2D eigenvalue weighted by Gasteiger charge is 2.13. The number of hydrogen-bond donors (Lipinski definition) is 0. The largest absolute Gasteiger partial charge is 0.253 e. The highest BCUT2D eigenvalue weighted by molar-refractivity contribution is 9.11. The van der Waals surface area contributed by atoms with E-state index in [1.807, 2.05) is 12.1 Å². The first kappa shape index (κ1) is 14.7. The second kappa shape index (κ2) is 6.29. The molecule has 1 atom stereocenters. The molecule has 0 spiro atoms. The lowest BCUT2D eigenvalue weighted by Gasteiger charge is -2.13. The van der Waals surface area contributed by atoms with E-state index in [-0.39, 0.29) is 4.83 Å². The lowest BCUT2D eigenvalue weighted by atomic mass is 10.0. The molecule has 1 aromatic heterocycles. The molecule has 3 heteroatoms. The molecule has 3 rings (SSSR count). The van der Waals surface area contributed by atoms with Crippen LogP contribution in [0.5, 0.6) is 0 Å². The topological polar surface area (TPSA) is 12.9 Å². The number of aromatic nitrogens is 1. The van der Waals surface area contributed by atoms with Crippen molar-refractivity contribution in [3.63, 3.8) is 0 Å². The maximum atomic E-state index is 4.75. The van der Waals surface area contributed by atoms with Crippen LogP contribution in [0.3, 0.4) is 0 Å². The van der Waals surface area contributed by atoms with Crippen molar-refractivity contribution in [1.29, 1.82) is 0 Å². The van der Waals surface area contributed by atoms with Crippen molar-refractivity contribution in [2.45, 2.75) is 18.2 Å². The third-order valence-corrected chi connectivity index (χ3v) is 5.07. The second-order valence-electron chi connectivity index (χ2n) is 5.19. The first-order valence-corrected chi connectivity index (χ1v) is 8.59. The molecule has 3 aromatic rings. The third-order valence-electron chi connectivity index (χ3n) is 3.53. The molecule has 0 radical (unpaired) electrons. The van der Waals surface area contributed by atoms with Crippen molar-refractivity contribution in [2.24, 2.45) is 0 Å². The van der Waals surface area contributed by atoms with Gasteiger partial charge in [0.25, 0.3) is 0 Å². The molecule has 0 N–H and O–H groups in total. The van der Waals surface area contributed by atoms with Crippen LogP contribution in [0.15, 0.2) is 59.1 Å². The van der Waals surface area contributed by atoms with Crippen molar-refractivity contribution in [3.8, 4) is 0 Å². The van der Waals surface area contributed by atoms with Crippen LogP contribution in [-0.2, 0) is 6.42 Å². The predicted molar refractivity (Wildman–Crippen MR) is 96.0 cm³/mol. The number of pyridine rings is 1. The molecule has 21 heavy (non-hydrogen) atoms. The summed E-state index contributed by atoms with van der Waals surface area (Å²) >= 11 is 7.44. The van der Waals surface area contributed by atoms with Crippen LogP contribution in [0.2, 0.25) is 0 Å². The summed E-state index contributed by atoms with van der Waals surface area (Å²) in [6.07, 6.45) is 0.868. The van der Waals surface area contributed by atoms with Crippen molar-refractivity contribution >= 4 is 42.8 Å². The fourth-order valence-corrected chi connectivity index (χ4v) is 3.96. The molecule has 106 valence electrons. The summed E-state index contributed by atoms with van der Waals surface area (Å²) in [6.45, 7) is 2.12. The molecule has 0 aliphatic heterocycles. The zero-order valence-corrected chi connectivity index (χ0v) is 14.9. The molecule has 1 nitrogen and oxygen atoms in total. The molecule has 0 aliphatic carbocycles. The number of para-hydroxylation sites is 1. The third kappa shape index (κ3) is 3.35. The molecule has 0 fully saturated rings.